The summed E-state index contributed by atoms with van der Waals surface area (Å²) >= 11 is 0. The van der Waals surface area contributed by atoms with Crippen LogP contribution >= 0.6 is 7.60 Å². The molecule has 0 aliphatic rings. The summed E-state index contributed by atoms with van der Waals surface area (Å²) in [7, 11) is -3.80. The molecule has 0 saturated heterocycles. The summed E-state index contributed by atoms with van der Waals surface area (Å²) in [4.78, 5) is 17.7. The van der Waals surface area contributed by atoms with E-state index in [-0.39, 0.29) is 6.16 Å². The molecule has 0 unspecified atom stereocenters. The maximum absolute atomic E-state index is 10.8. The highest BCUT2D eigenvalue weighted by molar-refractivity contribution is 7.51. The average molecular weight is 373 g/mol. The second kappa shape index (κ2) is 8.85. The summed E-state index contributed by atoms with van der Waals surface area (Å²) < 4.78 is 13.2. The zero-order valence-electron chi connectivity index (χ0n) is 15.2. The van der Waals surface area contributed by atoms with Crippen LogP contribution in [0.3, 0.4) is 0 Å². The number of aromatic nitrogens is 1. The molecule has 0 atom stereocenters. The zero-order chi connectivity index (χ0) is 18.4. The van der Waals surface area contributed by atoms with Gasteiger partial charge in [0.15, 0.2) is 0 Å². The third kappa shape index (κ3) is 4.97. The number of para-hydroxylation sites is 2. The lowest BCUT2D eigenvalue weighted by Gasteiger charge is -2.08. The lowest BCUT2D eigenvalue weighted by atomic mass is 10.1. The average Bonchev–Trinajstić information content (AvgIpc) is 2.94. The first-order chi connectivity index (χ1) is 12.6. The van der Waals surface area contributed by atoms with Crippen molar-refractivity contribution in [2.24, 2.45) is 0 Å². The van der Waals surface area contributed by atoms with Gasteiger partial charge in [0.2, 0.25) is 0 Å². The monoisotopic (exact) mass is 373 g/mol. The van der Waals surface area contributed by atoms with Crippen LogP contribution in [-0.4, -0.2) is 20.5 Å². The maximum atomic E-state index is 10.8. The summed E-state index contributed by atoms with van der Waals surface area (Å²) in [5, 5.41) is 2.65. The van der Waals surface area contributed by atoms with Gasteiger partial charge in [0.25, 0.3) is 0 Å². The van der Waals surface area contributed by atoms with Gasteiger partial charge in [-0.3, -0.25) is 4.57 Å². The van der Waals surface area contributed by atoms with Crippen LogP contribution in [0.4, 0.5) is 0 Å². The van der Waals surface area contributed by atoms with E-state index in [1.165, 1.54) is 34.6 Å². The molecule has 26 heavy (non-hydrogen) atoms. The molecule has 0 spiro atoms. The van der Waals surface area contributed by atoms with Crippen molar-refractivity contribution in [3.05, 3.63) is 48.5 Å². The third-order valence-corrected chi connectivity index (χ3v) is 5.91. The number of nitrogens with zero attached hydrogens (tertiary/aromatic N) is 1. The number of aryl methyl sites for hydroxylation is 1. The largest absolute Gasteiger partial charge is 0.340 e. The van der Waals surface area contributed by atoms with Crippen molar-refractivity contribution in [1.29, 1.82) is 0 Å². The van der Waals surface area contributed by atoms with Crippen molar-refractivity contribution in [1.82, 2.24) is 4.57 Å². The fourth-order valence-corrected chi connectivity index (χ4v) is 4.35. The molecule has 0 radical (unpaired) electrons. The van der Waals surface area contributed by atoms with E-state index >= 15 is 0 Å². The first-order valence-electron chi connectivity index (χ1n) is 9.57. The van der Waals surface area contributed by atoms with Crippen LogP contribution in [0.5, 0.6) is 0 Å². The fourth-order valence-electron chi connectivity index (χ4n) is 3.72. The van der Waals surface area contributed by atoms with Gasteiger partial charge < -0.3 is 14.4 Å². The molecule has 0 amide bonds. The number of benzene rings is 2. The van der Waals surface area contributed by atoms with E-state index in [2.05, 4.69) is 53.1 Å². The smallest absolute Gasteiger partial charge is 0.325 e. The maximum Gasteiger partial charge on any atom is 0.325 e. The summed E-state index contributed by atoms with van der Waals surface area (Å²) in [6.45, 7) is 1.03. The molecule has 1 aromatic heterocycles. The Morgan fingerprint density at radius 1 is 0.692 bits per heavy atom. The normalized spacial score (nSPS) is 12.2. The number of rotatable bonds is 10. The molecule has 2 N–H and O–H groups in total. The van der Waals surface area contributed by atoms with E-state index in [1.807, 2.05) is 0 Å². The van der Waals surface area contributed by atoms with E-state index in [4.69, 9.17) is 9.79 Å². The molecule has 5 heteroatoms. The van der Waals surface area contributed by atoms with E-state index in [1.54, 1.807) is 0 Å². The number of hydrogen-bond donors (Lipinski definition) is 2. The van der Waals surface area contributed by atoms with Gasteiger partial charge in [-0.15, -0.1) is 0 Å². The van der Waals surface area contributed by atoms with Gasteiger partial charge in [0.1, 0.15) is 0 Å². The Morgan fingerprint density at radius 3 is 1.69 bits per heavy atom. The predicted molar refractivity (Wildman–Crippen MR) is 109 cm³/mol. The van der Waals surface area contributed by atoms with E-state index in [0.717, 1.165) is 32.2 Å². The fraction of sp³-hybridized carbons (Fsp3) is 0.429. The molecule has 0 aliphatic carbocycles. The zero-order valence-corrected chi connectivity index (χ0v) is 16.1. The molecule has 2 aromatic carbocycles. The van der Waals surface area contributed by atoms with Crippen LogP contribution in [0.1, 0.15) is 44.9 Å². The molecular formula is C21H28NO3P. The van der Waals surface area contributed by atoms with Crippen molar-refractivity contribution in [2.75, 3.05) is 6.16 Å². The van der Waals surface area contributed by atoms with Crippen molar-refractivity contribution in [3.63, 3.8) is 0 Å². The quantitative estimate of drug-likeness (QED) is 0.354. The molecule has 3 rings (SSSR count). The van der Waals surface area contributed by atoms with E-state index in [0.29, 0.717) is 6.42 Å². The predicted octanol–water partition coefficient (Wildman–Crippen LogP) is 5.70. The van der Waals surface area contributed by atoms with Crippen molar-refractivity contribution in [2.45, 2.75) is 51.5 Å². The summed E-state index contributed by atoms with van der Waals surface area (Å²) in [5.74, 6) is 0. The lowest BCUT2D eigenvalue weighted by Crippen LogP contribution is -1.97. The highest BCUT2D eigenvalue weighted by Crippen LogP contribution is 2.35. The molecule has 140 valence electrons. The summed E-state index contributed by atoms with van der Waals surface area (Å²) in [5.41, 5.74) is 2.62. The molecular weight excluding hydrogens is 345 g/mol. The molecule has 0 aliphatic heterocycles. The first-order valence-corrected chi connectivity index (χ1v) is 11.4. The van der Waals surface area contributed by atoms with Gasteiger partial charge in [-0.1, -0.05) is 68.5 Å². The van der Waals surface area contributed by atoms with E-state index < -0.39 is 7.60 Å². The molecule has 3 aromatic rings. The van der Waals surface area contributed by atoms with Crippen LogP contribution in [-0.2, 0) is 11.1 Å². The molecule has 0 fully saturated rings. The Balaban J connectivity index is 1.46. The van der Waals surface area contributed by atoms with Crippen molar-refractivity contribution in [3.8, 4) is 0 Å². The van der Waals surface area contributed by atoms with Crippen LogP contribution in [0.15, 0.2) is 48.5 Å². The van der Waals surface area contributed by atoms with Crippen molar-refractivity contribution >= 4 is 29.4 Å². The van der Waals surface area contributed by atoms with Crippen LogP contribution in [0.2, 0.25) is 0 Å². The highest BCUT2D eigenvalue weighted by Gasteiger charge is 2.11. The number of hydrogen-bond acceptors (Lipinski definition) is 1. The first kappa shape index (κ1) is 19.2. The van der Waals surface area contributed by atoms with Crippen LogP contribution in [0.25, 0.3) is 21.8 Å². The highest BCUT2D eigenvalue weighted by atomic mass is 31.2. The minimum Gasteiger partial charge on any atom is -0.340 e. The topological polar surface area (TPSA) is 62.5 Å². The Morgan fingerprint density at radius 2 is 1.15 bits per heavy atom. The van der Waals surface area contributed by atoms with E-state index in [9.17, 15) is 4.57 Å². The summed E-state index contributed by atoms with van der Waals surface area (Å²) in [6, 6.07) is 17.2. The molecule has 0 bridgehead atoms. The van der Waals surface area contributed by atoms with Crippen LogP contribution < -0.4 is 0 Å². The third-order valence-electron chi connectivity index (χ3n) is 5.01. The Labute approximate surface area is 155 Å². The SMILES string of the molecule is O=P(O)(O)CCCCCCCCCn1c2ccccc2c2ccccc21. The van der Waals surface area contributed by atoms with Gasteiger partial charge >= 0.3 is 7.60 Å². The van der Waals surface area contributed by atoms with Gasteiger partial charge in [-0.25, -0.2) is 0 Å². The second-order valence-electron chi connectivity index (χ2n) is 7.05. The second-order valence-corrected chi connectivity index (χ2v) is 8.83. The minimum absolute atomic E-state index is 0.0285. The summed E-state index contributed by atoms with van der Waals surface area (Å²) in [6.07, 6.45) is 7.33. The Bertz CT molecular complexity index is 843. The van der Waals surface area contributed by atoms with Gasteiger partial charge in [0, 0.05) is 34.5 Å². The minimum atomic E-state index is -3.80. The van der Waals surface area contributed by atoms with Gasteiger partial charge in [0.05, 0.1) is 0 Å². The Kier molecular flexibility index (Phi) is 6.53. The number of fused-ring (bicyclic) bond motifs is 3. The number of unbranched alkanes of at least 4 members (excludes halogenated alkanes) is 6. The van der Waals surface area contributed by atoms with Crippen molar-refractivity contribution < 1.29 is 14.4 Å². The van der Waals surface area contributed by atoms with Gasteiger partial charge in [-0.2, -0.15) is 0 Å². The molecule has 1 heterocycles. The van der Waals surface area contributed by atoms with Crippen LogP contribution in [0, 0.1) is 0 Å². The Hall–Kier alpha value is -1.61. The molecule has 0 saturated carbocycles. The standard InChI is InChI=1S/C21H28NO3P/c23-26(24,25)17-11-5-3-1-2-4-10-16-22-20-14-8-6-12-18(20)19-13-7-9-15-21(19)22/h6-9,12-15H,1-5,10-11,16-17H2,(H2,23,24,25). The molecule has 4 nitrogen and oxygen atoms in total. The lowest BCUT2D eigenvalue weighted by molar-refractivity contribution is 0.370. The van der Waals surface area contributed by atoms with Gasteiger partial charge in [-0.05, 0) is 25.0 Å².